The maximum absolute atomic E-state index is 12.8. The zero-order valence-electron chi connectivity index (χ0n) is 16.6. The van der Waals surface area contributed by atoms with Crippen molar-refractivity contribution in [2.45, 2.75) is 13.2 Å². The molecule has 1 aliphatic heterocycles. The highest BCUT2D eigenvalue weighted by Gasteiger charge is 2.35. The summed E-state index contributed by atoms with van der Waals surface area (Å²) in [5.41, 5.74) is 2.58. The Labute approximate surface area is 208 Å². The summed E-state index contributed by atoms with van der Waals surface area (Å²) in [5, 5.41) is 0.478. The van der Waals surface area contributed by atoms with Crippen molar-refractivity contribution >= 4 is 68.1 Å². The second-order valence-electron chi connectivity index (χ2n) is 6.98. The maximum Gasteiger partial charge on any atom is 0.293 e. The van der Waals surface area contributed by atoms with Crippen molar-refractivity contribution in [1.29, 1.82) is 0 Å². The molecule has 0 spiro atoms. The molecule has 4 nitrogen and oxygen atoms in total. The molecule has 1 saturated heterocycles. The molecule has 2 amide bonds. The van der Waals surface area contributed by atoms with Gasteiger partial charge < -0.3 is 4.74 Å². The second kappa shape index (κ2) is 10.1. The molecule has 1 aliphatic rings. The Morgan fingerprint density at radius 2 is 1.72 bits per heavy atom. The van der Waals surface area contributed by atoms with Crippen LogP contribution in [-0.2, 0) is 17.9 Å². The largest absolute Gasteiger partial charge is 0.488 e. The summed E-state index contributed by atoms with van der Waals surface area (Å²) >= 11 is 16.4. The first-order valence-corrected chi connectivity index (χ1v) is 11.9. The Bertz CT molecular complexity index is 1220. The van der Waals surface area contributed by atoms with Gasteiger partial charge in [0.05, 0.1) is 26.0 Å². The molecule has 0 saturated carbocycles. The van der Waals surface area contributed by atoms with E-state index in [2.05, 4.69) is 15.9 Å². The number of carbonyl (C=O) groups is 2. The number of halogens is 3. The maximum atomic E-state index is 12.8. The predicted octanol–water partition coefficient (Wildman–Crippen LogP) is 7.57. The Morgan fingerprint density at radius 1 is 0.938 bits per heavy atom. The summed E-state index contributed by atoms with van der Waals surface area (Å²) in [6.45, 7) is 0.585. The number of thioether (sulfide) groups is 1. The fraction of sp³-hybridized carbons (Fsp3) is 0.0833. The van der Waals surface area contributed by atoms with Gasteiger partial charge in [0.1, 0.15) is 12.4 Å². The third-order valence-corrected chi connectivity index (χ3v) is 6.96. The molecule has 8 heteroatoms. The second-order valence-corrected chi connectivity index (χ2v) is 9.64. The number of hydrogen-bond acceptors (Lipinski definition) is 4. The number of carbonyl (C=O) groups excluding carboxylic acids is 2. The molecule has 0 atom stereocenters. The molecule has 162 valence electrons. The lowest BCUT2D eigenvalue weighted by Crippen LogP contribution is -2.27. The van der Waals surface area contributed by atoms with Crippen molar-refractivity contribution < 1.29 is 14.3 Å². The van der Waals surface area contributed by atoms with Crippen LogP contribution in [0.3, 0.4) is 0 Å². The van der Waals surface area contributed by atoms with Crippen LogP contribution in [0.1, 0.15) is 16.7 Å². The third-order valence-electron chi connectivity index (χ3n) is 4.69. The molecule has 3 aromatic carbocycles. The summed E-state index contributed by atoms with van der Waals surface area (Å²) < 4.78 is 6.63. The first-order chi connectivity index (χ1) is 15.4. The summed E-state index contributed by atoms with van der Waals surface area (Å²) in [5.74, 6) is 0.352. The predicted molar refractivity (Wildman–Crippen MR) is 133 cm³/mol. The highest BCUT2D eigenvalue weighted by atomic mass is 79.9. The summed E-state index contributed by atoms with van der Waals surface area (Å²) in [6, 6.07) is 20.5. The summed E-state index contributed by atoms with van der Waals surface area (Å²) in [4.78, 5) is 26.8. The molecular formula is C24H16BrCl2NO3S. The number of rotatable bonds is 6. The fourth-order valence-electron chi connectivity index (χ4n) is 3.07. The van der Waals surface area contributed by atoms with Crippen LogP contribution in [0.2, 0.25) is 10.0 Å². The van der Waals surface area contributed by atoms with Crippen molar-refractivity contribution in [2.24, 2.45) is 0 Å². The minimum absolute atomic E-state index is 0.134. The zero-order valence-corrected chi connectivity index (χ0v) is 20.5. The third kappa shape index (κ3) is 5.38. The standard InChI is InChI=1S/C24H16BrCl2NO3S/c25-18-10-16(7-9-21(18)31-14-15-4-2-1-3-5-15)12-22-23(29)28(24(30)32-22)13-17-6-8-19(26)20(27)11-17/h1-12H,13-14H2/b22-12-. The molecule has 0 N–H and O–H groups in total. The fourth-order valence-corrected chi connectivity index (χ4v) is 4.74. The van der Waals surface area contributed by atoms with Crippen LogP contribution < -0.4 is 4.74 Å². The quantitative estimate of drug-likeness (QED) is 0.298. The summed E-state index contributed by atoms with van der Waals surface area (Å²) in [6.07, 6.45) is 1.70. The minimum atomic E-state index is -0.341. The minimum Gasteiger partial charge on any atom is -0.488 e. The van der Waals surface area contributed by atoms with Crippen molar-refractivity contribution in [3.8, 4) is 5.75 Å². The van der Waals surface area contributed by atoms with Crippen LogP contribution in [0, 0.1) is 0 Å². The van der Waals surface area contributed by atoms with Gasteiger partial charge in [-0.2, -0.15) is 0 Å². The molecule has 0 aromatic heterocycles. The van der Waals surface area contributed by atoms with Crippen LogP contribution in [0.15, 0.2) is 76.1 Å². The van der Waals surface area contributed by atoms with Gasteiger partial charge in [0.25, 0.3) is 11.1 Å². The van der Waals surface area contributed by atoms with E-state index in [1.807, 2.05) is 48.5 Å². The van der Waals surface area contributed by atoms with E-state index in [0.29, 0.717) is 27.3 Å². The molecule has 3 aromatic rings. The molecule has 0 radical (unpaired) electrons. The highest BCUT2D eigenvalue weighted by molar-refractivity contribution is 9.10. The molecule has 32 heavy (non-hydrogen) atoms. The molecular weight excluding hydrogens is 533 g/mol. The Morgan fingerprint density at radius 3 is 2.44 bits per heavy atom. The molecule has 0 aliphatic carbocycles. The molecule has 0 unspecified atom stereocenters. The monoisotopic (exact) mass is 547 g/mol. The normalized spacial score (nSPS) is 15.0. The van der Waals surface area contributed by atoms with Gasteiger partial charge in [-0.1, -0.05) is 65.7 Å². The first kappa shape index (κ1) is 22.9. The highest BCUT2D eigenvalue weighted by Crippen LogP contribution is 2.35. The van der Waals surface area contributed by atoms with E-state index in [9.17, 15) is 9.59 Å². The van der Waals surface area contributed by atoms with Gasteiger partial charge in [-0.05, 0) is 74.7 Å². The van der Waals surface area contributed by atoms with E-state index in [1.165, 1.54) is 4.90 Å². The average Bonchev–Trinajstić information content (AvgIpc) is 3.04. The Hall–Kier alpha value is -2.25. The lowest BCUT2D eigenvalue weighted by Gasteiger charge is -2.13. The lowest BCUT2D eigenvalue weighted by molar-refractivity contribution is -0.123. The zero-order chi connectivity index (χ0) is 22.7. The first-order valence-electron chi connectivity index (χ1n) is 9.56. The van der Waals surface area contributed by atoms with Gasteiger partial charge in [-0.15, -0.1) is 0 Å². The molecule has 0 bridgehead atoms. The number of nitrogens with zero attached hydrogens (tertiary/aromatic N) is 1. The topological polar surface area (TPSA) is 46.6 Å². The Kier molecular flexibility index (Phi) is 7.26. The van der Waals surface area contributed by atoms with Crippen LogP contribution in [0.25, 0.3) is 6.08 Å². The van der Waals surface area contributed by atoms with E-state index < -0.39 is 0 Å². The lowest BCUT2D eigenvalue weighted by atomic mass is 10.2. The SMILES string of the molecule is O=C1S/C(=C\c2ccc(OCc3ccccc3)c(Br)c2)C(=O)N1Cc1ccc(Cl)c(Cl)c1. The van der Waals surface area contributed by atoms with E-state index in [1.54, 1.807) is 24.3 Å². The van der Waals surface area contributed by atoms with Gasteiger partial charge in [-0.3, -0.25) is 14.5 Å². The number of amides is 2. The van der Waals surface area contributed by atoms with Gasteiger partial charge in [0, 0.05) is 0 Å². The molecule has 1 heterocycles. The molecule has 4 rings (SSSR count). The number of ether oxygens (including phenoxy) is 1. The van der Waals surface area contributed by atoms with E-state index in [0.717, 1.165) is 32.9 Å². The van der Waals surface area contributed by atoms with E-state index >= 15 is 0 Å². The number of imide groups is 1. The van der Waals surface area contributed by atoms with Crippen LogP contribution in [-0.4, -0.2) is 16.0 Å². The van der Waals surface area contributed by atoms with Gasteiger partial charge in [-0.25, -0.2) is 0 Å². The van der Waals surface area contributed by atoms with Crippen LogP contribution in [0.4, 0.5) is 4.79 Å². The van der Waals surface area contributed by atoms with Crippen molar-refractivity contribution in [3.63, 3.8) is 0 Å². The van der Waals surface area contributed by atoms with Crippen molar-refractivity contribution in [3.05, 3.63) is 103 Å². The Balaban J connectivity index is 1.46. The van der Waals surface area contributed by atoms with Gasteiger partial charge >= 0.3 is 0 Å². The number of hydrogen-bond donors (Lipinski definition) is 0. The van der Waals surface area contributed by atoms with E-state index in [4.69, 9.17) is 27.9 Å². The van der Waals surface area contributed by atoms with E-state index in [-0.39, 0.29) is 17.7 Å². The average molecular weight is 549 g/mol. The van der Waals surface area contributed by atoms with Gasteiger partial charge in [0.2, 0.25) is 0 Å². The van der Waals surface area contributed by atoms with Crippen LogP contribution in [0.5, 0.6) is 5.75 Å². The summed E-state index contributed by atoms with van der Waals surface area (Å²) in [7, 11) is 0. The molecule has 1 fully saturated rings. The van der Waals surface area contributed by atoms with Gasteiger partial charge in [0.15, 0.2) is 0 Å². The smallest absolute Gasteiger partial charge is 0.293 e. The van der Waals surface area contributed by atoms with Crippen molar-refractivity contribution in [2.75, 3.05) is 0 Å². The van der Waals surface area contributed by atoms with Crippen molar-refractivity contribution in [1.82, 2.24) is 4.90 Å². The number of benzene rings is 3. The van der Waals surface area contributed by atoms with Crippen LogP contribution >= 0.6 is 50.9 Å².